The minimum atomic E-state index is -1.92. The summed E-state index contributed by atoms with van der Waals surface area (Å²) in [4.78, 5) is 0. The van der Waals surface area contributed by atoms with E-state index in [1.54, 1.807) is 0 Å². The summed E-state index contributed by atoms with van der Waals surface area (Å²) in [5.74, 6) is 0. The van der Waals surface area contributed by atoms with Crippen LogP contribution in [0.25, 0.3) is 0 Å². The van der Waals surface area contributed by atoms with E-state index in [-0.39, 0.29) is 0 Å². The Morgan fingerprint density at radius 3 is 0.562 bits per heavy atom. The van der Waals surface area contributed by atoms with E-state index >= 15 is 0 Å². The van der Waals surface area contributed by atoms with Gasteiger partial charge in [0.2, 0.25) is 0 Å². The van der Waals surface area contributed by atoms with Crippen molar-refractivity contribution in [3.8, 4) is 0 Å². The molecule has 48 heavy (non-hydrogen) atoms. The second kappa shape index (κ2) is 31.2. The van der Waals surface area contributed by atoms with E-state index in [4.69, 9.17) is 0 Å². The van der Waals surface area contributed by atoms with Gasteiger partial charge in [0.25, 0.3) is 0 Å². The van der Waals surface area contributed by atoms with Crippen molar-refractivity contribution in [2.24, 2.45) is 0 Å². The van der Waals surface area contributed by atoms with Crippen molar-refractivity contribution in [1.82, 2.24) is 0 Å². The van der Waals surface area contributed by atoms with Crippen molar-refractivity contribution in [2.75, 3.05) is 18.5 Å². The minimum Gasteiger partial charge on any atom is -0.323 e. The zero-order valence-corrected chi connectivity index (χ0v) is 38.6. The third kappa shape index (κ3) is 24.0. The van der Waals surface area contributed by atoms with E-state index in [0.29, 0.717) is 34.0 Å². The van der Waals surface area contributed by atoms with Gasteiger partial charge in [-0.2, -0.15) is 0 Å². The molecule has 0 saturated carbocycles. The summed E-state index contributed by atoms with van der Waals surface area (Å²) in [7, 11) is -5.76. The van der Waals surface area contributed by atoms with Crippen LogP contribution in [-0.2, 0) is 13.7 Å². The van der Waals surface area contributed by atoms with Crippen molar-refractivity contribution in [1.29, 1.82) is 0 Å². The molecule has 0 bridgehead atoms. The fraction of sp³-hybridized carbons (Fsp3) is 1.00. The monoisotopic (exact) mass is 739 g/mol. The second-order valence-electron chi connectivity index (χ2n) is 16.6. The molecule has 0 fully saturated rings. The SMILES string of the molecule is CCCCCCCCCP(=O)(C(C)C)C(C)C.CCCCCCCCP(=O)(C(C)C)C(C)C.CCCCCCCP(=O)(C(C)C)C(C)C. The average molecular weight is 739 g/mol. The van der Waals surface area contributed by atoms with Gasteiger partial charge in [-0.25, -0.2) is 0 Å². The highest BCUT2D eigenvalue weighted by Crippen LogP contribution is 2.57. The molecular formula is C42H93O3P3. The molecule has 0 rings (SSSR count). The molecule has 0 unspecified atom stereocenters. The molecule has 0 amide bonds. The van der Waals surface area contributed by atoms with Crippen LogP contribution in [-0.4, -0.2) is 52.4 Å². The number of unbranched alkanes of at least 4 members (excludes halogenated alkanes) is 15. The third-order valence-electron chi connectivity index (χ3n) is 10.8. The molecule has 3 nitrogen and oxygen atoms in total. The second-order valence-corrected chi connectivity index (χ2v) is 29.3. The first-order chi connectivity index (χ1) is 22.3. The fourth-order valence-corrected chi connectivity index (χ4v) is 15.6. The Morgan fingerprint density at radius 2 is 0.417 bits per heavy atom. The molecule has 6 heteroatoms. The number of hydrogen-bond donors (Lipinski definition) is 0. The van der Waals surface area contributed by atoms with Crippen molar-refractivity contribution in [2.45, 2.75) is 253 Å². The zero-order valence-electron chi connectivity index (χ0n) is 35.9. The lowest BCUT2D eigenvalue weighted by Crippen LogP contribution is -2.11. The van der Waals surface area contributed by atoms with Gasteiger partial charge in [0, 0.05) is 52.4 Å². The Balaban J connectivity index is -0.000000634. The predicted molar refractivity (Wildman–Crippen MR) is 228 cm³/mol. The highest BCUT2D eigenvalue weighted by Gasteiger charge is 2.31. The van der Waals surface area contributed by atoms with Crippen LogP contribution in [0.4, 0.5) is 0 Å². The Labute approximate surface area is 306 Å². The van der Waals surface area contributed by atoms with E-state index in [1.165, 1.54) is 103 Å². The van der Waals surface area contributed by atoms with Gasteiger partial charge in [-0.05, 0) is 19.3 Å². The first kappa shape index (κ1) is 53.0. The Kier molecular flexibility index (Phi) is 34.5. The average Bonchev–Trinajstić information content (AvgIpc) is 3.01. The molecule has 0 heterocycles. The summed E-state index contributed by atoms with van der Waals surface area (Å²) in [6.07, 6.45) is 26.2. The number of rotatable bonds is 27. The van der Waals surface area contributed by atoms with Crippen molar-refractivity contribution in [3.05, 3.63) is 0 Å². The lowest BCUT2D eigenvalue weighted by Gasteiger charge is -2.26. The highest BCUT2D eigenvalue weighted by molar-refractivity contribution is 7.65. The van der Waals surface area contributed by atoms with Crippen molar-refractivity contribution >= 4 is 21.4 Å². The van der Waals surface area contributed by atoms with Crippen LogP contribution in [0.15, 0.2) is 0 Å². The van der Waals surface area contributed by atoms with Gasteiger partial charge in [0.05, 0.1) is 21.4 Å². The summed E-state index contributed by atoms with van der Waals surface area (Å²) < 4.78 is 38.1. The van der Waals surface area contributed by atoms with E-state index in [9.17, 15) is 13.7 Å². The van der Waals surface area contributed by atoms with Crippen LogP contribution in [0.5, 0.6) is 0 Å². The summed E-state index contributed by atoms with van der Waals surface area (Å²) >= 11 is 0. The maximum atomic E-state index is 12.7. The van der Waals surface area contributed by atoms with Crippen LogP contribution >= 0.6 is 21.4 Å². The molecular weight excluding hydrogens is 645 g/mol. The molecule has 0 aliphatic carbocycles. The predicted octanol–water partition coefficient (Wildman–Crippen LogP) is 16.6. The first-order valence-corrected chi connectivity index (χ1v) is 27.2. The number of hydrogen-bond acceptors (Lipinski definition) is 3. The van der Waals surface area contributed by atoms with E-state index < -0.39 is 21.4 Å². The molecule has 0 aliphatic heterocycles. The van der Waals surface area contributed by atoms with Gasteiger partial charge in [0.15, 0.2) is 0 Å². The normalized spacial score (nSPS) is 12.7. The molecule has 0 aromatic rings. The topological polar surface area (TPSA) is 51.2 Å². The molecule has 0 spiro atoms. The Morgan fingerprint density at radius 1 is 0.271 bits per heavy atom. The van der Waals surface area contributed by atoms with Crippen molar-refractivity contribution in [3.63, 3.8) is 0 Å². The summed E-state index contributed by atoms with van der Waals surface area (Å²) in [6, 6.07) is 0. The zero-order chi connectivity index (χ0) is 37.8. The largest absolute Gasteiger partial charge is 0.323 e. The van der Waals surface area contributed by atoms with Gasteiger partial charge in [-0.15, -0.1) is 0 Å². The third-order valence-corrected chi connectivity index (χ3v) is 24.4. The van der Waals surface area contributed by atoms with Gasteiger partial charge >= 0.3 is 0 Å². The summed E-state index contributed by atoms with van der Waals surface area (Å²) in [6.45, 7) is 32.2. The van der Waals surface area contributed by atoms with Crippen LogP contribution in [0.1, 0.15) is 219 Å². The Hall–Kier alpha value is 0.690. The van der Waals surface area contributed by atoms with E-state index in [1.807, 2.05) is 0 Å². The molecule has 0 atom stereocenters. The standard InChI is InChI=1S/C15H33OP.C14H31OP.C13H29OP/c1-6-7-8-9-10-11-12-13-17(16,14(2)3)15(4)5;1-6-7-8-9-10-11-12-16(15,13(2)3)14(4)5;1-6-7-8-9-10-11-15(14,12(2)3)13(4)5/h14-15H,6-13H2,1-5H3;13-14H,6-12H2,1-5H3;12-13H,6-11H2,1-5H3. The maximum Gasteiger partial charge on any atom is 0.0925 e. The molecule has 0 aromatic carbocycles. The first-order valence-electron chi connectivity index (χ1n) is 21.1. The minimum absolute atomic E-state index is 0.364. The van der Waals surface area contributed by atoms with Crippen LogP contribution in [0.3, 0.4) is 0 Å². The smallest absolute Gasteiger partial charge is 0.0925 e. The molecule has 294 valence electrons. The Bertz CT molecular complexity index is 809. The fourth-order valence-electron chi connectivity index (χ4n) is 6.76. The highest BCUT2D eigenvalue weighted by atomic mass is 31.2. The van der Waals surface area contributed by atoms with Crippen LogP contribution < -0.4 is 0 Å². The molecule has 0 N–H and O–H groups in total. The molecule has 0 aliphatic rings. The maximum absolute atomic E-state index is 12.7. The lowest BCUT2D eigenvalue weighted by molar-refractivity contribution is 0.553. The van der Waals surface area contributed by atoms with Gasteiger partial charge in [-0.3, -0.25) is 0 Å². The van der Waals surface area contributed by atoms with Gasteiger partial charge < -0.3 is 13.7 Å². The molecule has 0 radical (unpaired) electrons. The summed E-state index contributed by atoms with van der Waals surface area (Å²) in [5, 5.41) is 0. The van der Waals surface area contributed by atoms with Crippen LogP contribution in [0, 0.1) is 0 Å². The van der Waals surface area contributed by atoms with Gasteiger partial charge in [0.1, 0.15) is 0 Å². The molecule has 0 saturated heterocycles. The summed E-state index contributed by atoms with van der Waals surface area (Å²) in [5.41, 5.74) is 2.18. The van der Waals surface area contributed by atoms with Gasteiger partial charge in [-0.1, -0.05) is 200 Å². The lowest BCUT2D eigenvalue weighted by atomic mass is 10.1. The molecule has 0 aromatic heterocycles. The quantitative estimate of drug-likeness (QED) is 0.0623. The van der Waals surface area contributed by atoms with Crippen LogP contribution in [0.2, 0.25) is 0 Å². The van der Waals surface area contributed by atoms with E-state index in [2.05, 4.69) is 104 Å². The van der Waals surface area contributed by atoms with Crippen molar-refractivity contribution < 1.29 is 13.7 Å². The van der Waals surface area contributed by atoms with E-state index in [0.717, 1.165) is 31.3 Å².